The van der Waals surface area contributed by atoms with E-state index in [0.29, 0.717) is 10.8 Å². The number of hydrogen-bond acceptors (Lipinski definition) is 0. The Hall–Kier alpha value is -2.04. The third kappa shape index (κ3) is 18.3. The van der Waals surface area contributed by atoms with Gasteiger partial charge in [-0.05, 0) is 90.2 Å². The molecular formula is C39H62Si. The van der Waals surface area contributed by atoms with Crippen molar-refractivity contribution >= 4 is 13.6 Å². The maximum atomic E-state index is 5.39. The van der Waals surface area contributed by atoms with Gasteiger partial charge in [-0.3, -0.25) is 0 Å². The molecule has 0 aliphatic heterocycles. The third-order valence-electron chi connectivity index (χ3n) is 7.16. The topological polar surface area (TPSA) is 0 Å². The standard InChI is InChI=1S/C22H38Si.C17H24/c1-8-20(18-23(5,6)7)21-15-12-14-19(17-21)13-10-9-11-16-22(2,3)4;1-5-15-11-9-12-16(14-15)10-7-6-8-13-17(2,3)4/h12,14-15,17-18H,8-11,13,16H2,1-7H3;1,9,11-12,14H,6-8,10,13H2,2-4H3/b20-18+;. The quantitative estimate of drug-likeness (QED) is 0.130. The molecule has 0 fully saturated rings. The number of hydrogen-bond donors (Lipinski definition) is 0. The predicted molar refractivity (Wildman–Crippen MR) is 186 cm³/mol. The molecule has 0 amide bonds. The maximum Gasteiger partial charge on any atom is 0.0690 e. The van der Waals surface area contributed by atoms with Crippen molar-refractivity contribution in [2.24, 2.45) is 10.8 Å². The van der Waals surface area contributed by atoms with E-state index >= 15 is 0 Å². The zero-order chi connectivity index (χ0) is 30.2. The minimum Gasteiger partial charge on any atom is -0.115 e. The first-order valence-corrected chi connectivity index (χ1v) is 19.6. The Kier molecular flexibility index (Phi) is 15.9. The van der Waals surface area contributed by atoms with E-state index in [2.05, 4.69) is 122 Å². The molecule has 0 aliphatic rings. The molecule has 0 saturated carbocycles. The van der Waals surface area contributed by atoms with Crippen molar-refractivity contribution in [1.82, 2.24) is 0 Å². The second-order valence-corrected chi connectivity index (χ2v) is 20.2. The Morgan fingerprint density at radius 3 is 1.68 bits per heavy atom. The molecule has 2 aromatic carbocycles. The van der Waals surface area contributed by atoms with Crippen molar-refractivity contribution in [3.8, 4) is 12.3 Å². The van der Waals surface area contributed by atoms with Crippen LogP contribution in [0, 0.1) is 23.2 Å². The van der Waals surface area contributed by atoms with Gasteiger partial charge in [-0.1, -0.05) is 142 Å². The van der Waals surface area contributed by atoms with E-state index < -0.39 is 8.07 Å². The first-order valence-electron chi connectivity index (χ1n) is 16.0. The summed E-state index contributed by atoms with van der Waals surface area (Å²) in [6.45, 7) is 23.5. The number of allylic oxidation sites excluding steroid dienone is 1. The van der Waals surface area contributed by atoms with Gasteiger partial charge in [-0.15, -0.1) is 6.42 Å². The highest BCUT2D eigenvalue weighted by Gasteiger charge is 2.12. The fraction of sp³-hybridized carbons (Fsp3) is 0.590. The molecular weight excluding hydrogens is 497 g/mol. The van der Waals surface area contributed by atoms with Gasteiger partial charge in [0, 0.05) is 5.56 Å². The van der Waals surface area contributed by atoms with Crippen LogP contribution in [0.15, 0.2) is 54.2 Å². The average Bonchev–Trinajstić information content (AvgIpc) is 2.85. The van der Waals surface area contributed by atoms with Gasteiger partial charge in [0.2, 0.25) is 0 Å². The second kappa shape index (κ2) is 17.7. The summed E-state index contributed by atoms with van der Waals surface area (Å²) in [6, 6.07) is 17.6. The van der Waals surface area contributed by atoms with Crippen LogP contribution >= 0.6 is 0 Å². The molecule has 222 valence electrons. The highest BCUT2D eigenvalue weighted by atomic mass is 28.3. The number of benzene rings is 2. The summed E-state index contributed by atoms with van der Waals surface area (Å²) in [5, 5.41) is 0. The fourth-order valence-corrected chi connectivity index (χ4v) is 6.39. The molecule has 0 radical (unpaired) electrons. The van der Waals surface area contributed by atoms with Crippen molar-refractivity contribution in [2.75, 3.05) is 0 Å². The van der Waals surface area contributed by atoms with Crippen LogP contribution < -0.4 is 0 Å². The van der Waals surface area contributed by atoms with E-state index in [1.54, 1.807) is 5.57 Å². The molecule has 0 nitrogen and oxygen atoms in total. The van der Waals surface area contributed by atoms with E-state index in [9.17, 15) is 0 Å². The van der Waals surface area contributed by atoms with Gasteiger partial charge < -0.3 is 0 Å². The van der Waals surface area contributed by atoms with E-state index in [1.165, 1.54) is 74.5 Å². The summed E-state index contributed by atoms with van der Waals surface area (Å²) in [6.07, 6.45) is 19.5. The van der Waals surface area contributed by atoms with Crippen LogP contribution in [0.1, 0.15) is 129 Å². The predicted octanol–water partition coefficient (Wildman–Crippen LogP) is 12.3. The SMILES string of the molecule is C#Cc1cccc(CCCCCC(C)(C)C)c1.CC/C(=C\[Si](C)(C)C)c1cccc(CCCCCC(C)(C)C)c1. The van der Waals surface area contributed by atoms with Gasteiger partial charge in [-0.2, -0.15) is 0 Å². The molecule has 0 aromatic heterocycles. The molecule has 2 rings (SSSR count). The first kappa shape index (κ1) is 36.0. The van der Waals surface area contributed by atoms with Crippen molar-refractivity contribution < 1.29 is 0 Å². The van der Waals surface area contributed by atoms with Crippen LogP contribution in [-0.2, 0) is 12.8 Å². The van der Waals surface area contributed by atoms with E-state index in [0.717, 1.165) is 18.4 Å². The Balaban J connectivity index is 0.000000418. The van der Waals surface area contributed by atoms with Gasteiger partial charge in [0.1, 0.15) is 0 Å². The van der Waals surface area contributed by atoms with Crippen LogP contribution in [0.5, 0.6) is 0 Å². The summed E-state index contributed by atoms with van der Waals surface area (Å²) in [4.78, 5) is 0. The summed E-state index contributed by atoms with van der Waals surface area (Å²) >= 11 is 0. The molecule has 40 heavy (non-hydrogen) atoms. The van der Waals surface area contributed by atoms with Crippen LogP contribution in [0.2, 0.25) is 19.6 Å². The maximum absolute atomic E-state index is 5.39. The molecule has 0 bridgehead atoms. The summed E-state index contributed by atoms with van der Waals surface area (Å²) in [5.74, 6) is 2.69. The van der Waals surface area contributed by atoms with Gasteiger partial charge >= 0.3 is 0 Å². The summed E-state index contributed by atoms with van der Waals surface area (Å²) in [5.41, 5.74) is 10.4. The minimum atomic E-state index is -1.16. The van der Waals surface area contributed by atoms with E-state index in [4.69, 9.17) is 6.42 Å². The van der Waals surface area contributed by atoms with Crippen molar-refractivity contribution in [1.29, 1.82) is 0 Å². The monoisotopic (exact) mass is 558 g/mol. The summed E-state index contributed by atoms with van der Waals surface area (Å²) < 4.78 is 0. The average molecular weight is 559 g/mol. The van der Waals surface area contributed by atoms with Gasteiger partial charge in [0.15, 0.2) is 0 Å². The number of unbranched alkanes of at least 4 members (excludes halogenated alkanes) is 4. The minimum absolute atomic E-state index is 0.476. The lowest BCUT2D eigenvalue weighted by molar-refractivity contribution is 0.358. The fourth-order valence-electron chi connectivity index (χ4n) is 4.98. The zero-order valence-electron chi connectivity index (χ0n) is 28.1. The molecule has 0 unspecified atom stereocenters. The van der Waals surface area contributed by atoms with Gasteiger partial charge in [0.25, 0.3) is 0 Å². The van der Waals surface area contributed by atoms with Crippen LogP contribution in [0.25, 0.3) is 5.57 Å². The number of terminal acetylenes is 1. The van der Waals surface area contributed by atoms with Crippen molar-refractivity contribution in [3.05, 3.63) is 76.5 Å². The van der Waals surface area contributed by atoms with Gasteiger partial charge in [0.05, 0.1) is 8.07 Å². The van der Waals surface area contributed by atoms with Crippen molar-refractivity contribution in [2.45, 2.75) is 139 Å². The molecule has 0 spiro atoms. The number of rotatable bonds is 13. The molecule has 0 saturated heterocycles. The second-order valence-electron chi connectivity index (χ2n) is 15.2. The molecule has 0 atom stereocenters. The van der Waals surface area contributed by atoms with Crippen molar-refractivity contribution in [3.63, 3.8) is 0 Å². The zero-order valence-corrected chi connectivity index (χ0v) is 29.1. The normalized spacial score (nSPS) is 12.5. The van der Waals surface area contributed by atoms with Crippen LogP contribution in [0.4, 0.5) is 0 Å². The lowest BCUT2D eigenvalue weighted by Gasteiger charge is -2.17. The highest BCUT2D eigenvalue weighted by Crippen LogP contribution is 2.25. The number of aryl methyl sites for hydroxylation is 2. The Labute approximate surface area is 251 Å². The lowest BCUT2D eigenvalue weighted by atomic mass is 9.89. The molecule has 1 heteroatoms. The molecule has 0 aliphatic carbocycles. The summed E-state index contributed by atoms with van der Waals surface area (Å²) in [7, 11) is -1.16. The van der Waals surface area contributed by atoms with E-state index in [-0.39, 0.29) is 0 Å². The molecule has 0 heterocycles. The highest BCUT2D eigenvalue weighted by molar-refractivity contribution is 6.81. The molecule has 0 N–H and O–H groups in total. The third-order valence-corrected chi connectivity index (χ3v) is 8.38. The largest absolute Gasteiger partial charge is 0.115 e. The lowest BCUT2D eigenvalue weighted by Crippen LogP contribution is -2.16. The first-order chi connectivity index (χ1) is 18.6. The van der Waals surface area contributed by atoms with Crippen LogP contribution in [-0.4, -0.2) is 8.07 Å². The van der Waals surface area contributed by atoms with Gasteiger partial charge in [-0.25, -0.2) is 0 Å². The van der Waals surface area contributed by atoms with E-state index in [1.807, 2.05) is 6.07 Å². The smallest absolute Gasteiger partial charge is 0.0690 e. The Morgan fingerprint density at radius 2 is 1.23 bits per heavy atom. The Bertz CT molecular complexity index is 1040. The molecule has 2 aromatic rings. The Morgan fingerprint density at radius 1 is 0.725 bits per heavy atom. The van der Waals surface area contributed by atoms with Crippen LogP contribution in [0.3, 0.4) is 0 Å².